The van der Waals surface area contributed by atoms with Crippen molar-refractivity contribution < 1.29 is 49.1 Å². The smallest absolute Gasteiger partial charge is 0.475 e. The number of aliphatic carboxylic acids is 1. The molecule has 0 unspecified atom stereocenters. The highest BCUT2D eigenvalue weighted by Gasteiger charge is 2.52. The van der Waals surface area contributed by atoms with E-state index >= 15 is 0 Å². The van der Waals surface area contributed by atoms with Crippen LogP contribution in [0.15, 0.2) is 29.2 Å². The highest BCUT2D eigenvalue weighted by atomic mass is 32.2. The van der Waals surface area contributed by atoms with Gasteiger partial charge in [-0.15, -0.1) is 0 Å². The maximum absolute atomic E-state index is 14.3. The molecule has 0 atom stereocenters. The fraction of sp³-hybridized carbons (Fsp3) is 0.533. The van der Waals surface area contributed by atoms with Crippen LogP contribution < -0.4 is 0 Å². The van der Waals surface area contributed by atoms with Crippen molar-refractivity contribution >= 4 is 15.8 Å². The van der Waals surface area contributed by atoms with Crippen molar-refractivity contribution in [3.05, 3.63) is 29.8 Å². The lowest BCUT2D eigenvalue weighted by Crippen LogP contribution is -2.50. The summed E-state index contributed by atoms with van der Waals surface area (Å²) in [7, 11) is -5.20. The van der Waals surface area contributed by atoms with Crippen LogP contribution in [-0.2, 0) is 14.6 Å². The van der Waals surface area contributed by atoms with Gasteiger partial charge in [-0.25, -0.2) is 26.9 Å². The van der Waals surface area contributed by atoms with E-state index in [4.69, 9.17) is 9.90 Å². The summed E-state index contributed by atoms with van der Waals surface area (Å²) in [6.07, 6.45) is -6.54. The molecule has 1 fully saturated rings. The maximum Gasteiger partial charge on any atom is 0.490 e. The lowest BCUT2D eigenvalue weighted by atomic mass is 10.1. The number of carboxylic acid groups (broad SMARTS) is 1. The van der Waals surface area contributed by atoms with Crippen LogP contribution in [0.2, 0.25) is 0 Å². The topological polar surface area (TPSA) is 74.7 Å². The van der Waals surface area contributed by atoms with Gasteiger partial charge in [-0.1, -0.05) is 24.6 Å². The molecule has 0 aromatic heterocycles. The molecule has 1 aliphatic heterocycles. The third-order valence-corrected chi connectivity index (χ3v) is 5.59. The number of nitrogens with zero attached hydrogens (tertiary/aromatic N) is 1. The van der Waals surface area contributed by atoms with E-state index in [0.29, 0.717) is 17.7 Å². The quantitative estimate of drug-likeness (QED) is 0.566. The van der Waals surface area contributed by atoms with E-state index in [0.717, 1.165) is 24.6 Å². The SMILES string of the molecule is O=C(O)C(F)(F)F.O=S(=O)(c1ccccc1C(F)F)C(F)(F)N1CCCCC1. The molecule has 0 aliphatic carbocycles. The van der Waals surface area contributed by atoms with Crippen molar-refractivity contribution in [2.45, 2.75) is 42.1 Å². The van der Waals surface area contributed by atoms with E-state index in [1.54, 1.807) is 0 Å². The van der Waals surface area contributed by atoms with E-state index in [9.17, 15) is 39.2 Å². The number of likely N-dealkylation sites (tertiary alicyclic amines) is 1. The van der Waals surface area contributed by atoms with Crippen LogP contribution in [0.1, 0.15) is 31.3 Å². The standard InChI is InChI=1S/C13H15F4NO2S.C2HF3O2/c14-12(15)10-6-2-3-7-11(10)21(19,20)13(16,17)18-8-4-1-5-9-18;3-2(4,5)1(6)7/h2-3,6-7,12H,1,4-5,8-9H2;(H,6,7). The molecule has 5 nitrogen and oxygen atoms in total. The number of piperidine rings is 1. The second-order valence-electron chi connectivity index (χ2n) is 5.68. The van der Waals surface area contributed by atoms with Gasteiger partial charge in [0, 0.05) is 18.7 Å². The molecular formula is C15H16F7NO4S. The molecule has 160 valence electrons. The minimum absolute atomic E-state index is 0.0664. The summed E-state index contributed by atoms with van der Waals surface area (Å²) >= 11 is 0. The zero-order chi connectivity index (χ0) is 21.8. The minimum Gasteiger partial charge on any atom is -0.475 e. The number of benzene rings is 1. The average Bonchev–Trinajstić information content (AvgIpc) is 2.62. The second-order valence-corrected chi connectivity index (χ2v) is 7.62. The highest BCUT2D eigenvalue weighted by molar-refractivity contribution is 7.92. The van der Waals surface area contributed by atoms with Crippen molar-refractivity contribution in [3.63, 3.8) is 0 Å². The van der Waals surface area contributed by atoms with E-state index < -0.39 is 44.2 Å². The predicted octanol–water partition coefficient (Wildman–Crippen LogP) is 4.07. The first kappa shape index (κ1) is 24.1. The van der Waals surface area contributed by atoms with E-state index in [-0.39, 0.29) is 13.1 Å². The Balaban J connectivity index is 0.000000480. The van der Waals surface area contributed by atoms with Crippen molar-refractivity contribution in [2.75, 3.05) is 13.1 Å². The zero-order valence-electron chi connectivity index (χ0n) is 14.1. The van der Waals surface area contributed by atoms with E-state index in [1.165, 1.54) is 6.07 Å². The summed E-state index contributed by atoms with van der Waals surface area (Å²) in [6.45, 7) is -0.133. The van der Waals surface area contributed by atoms with Crippen LogP contribution in [-0.4, -0.2) is 49.0 Å². The third-order valence-electron chi connectivity index (χ3n) is 3.73. The van der Waals surface area contributed by atoms with Gasteiger partial charge in [0.05, 0.1) is 4.90 Å². The first-order valence-corrected chi connectivity index (χ1v) is 9.26. The van der Waals surface area contributed by atoms with Crippen LogP contribution in [0.4, 0.5) is 30.7 Å². The van der Waals surface area contributed by atoms with Gasteiger partial charge in [0.1, 0.15) is 0 Å². The number of sulfone groups is 1. The Morgan fingerprint density at radius 3 is 1.89 bits per heavy atom. The highest BCUT2D eigenvalue weighted by Crippen LogP contribution is 2.38. The number of carbonyl (C=O) groups is 1. The molecule has 0 bridgehead atoms. The number of hydrogen-bond donors (Lipinski definition) is 1. The Morgan fingerprint density at radius 2 is 1.46 bits per heavy atom. The van der Waals surface area contributed by atoms with E-state index in [1.807, 2.05) is 0 Å². The van der Waals surface area contributed by atoms with Crippen molar-refractivity contribution in [1.29, 1.82) is 0 Å². The van der Waals surface area contributed by atoms with Gasteiger partial charge >= 0.3 is 17.5 Å². The van der Waals surface area contributed by atoms with Gasteiger partial charge in [0.2, 0.25) is 0 Å². The normalized spacial score (nSPS) is 16.4. The van der Waals surface area contributed by atoms with Crippen molar-refractivity contribution in [1.82, 2.24) is 4.90 Å². The average molecular weight is 439 g/mol. The largest absolute Gasteiger partial charge is 0.490 e. The van der Waals surface area contributed by atoms with Crippen LogP contribution in [0.5, 0.6) is 0 Å². The molecule has 13 heteroatoms. The Kier molecular flexibility index (Phi) is 7.82. The first-order valence-electron chi connectivity index (χ1n) is 7.77. The zero-order valence-corrected chi connectivity index (χ0v) is 14.9. The number of alkyl halides is 7. The minimum atomic E-state index is -5.20. The molecule has 0 saturated carbocycles. The number of rotatable bonds is 4. The molecule has 1 N–H and O–H groups in total. The van der Waals surface area contributed by atoms with Crippen LogP contribution in [0, 0.1) is 0 Å². The van der Waals surface area contributed by atoms with Crippen LogP contribution in [0.3, 0.4) is 0 Å². The molecule has 1 saturated heterocycles. The number of hydrogen-bond acceptors (Lipinski definition) is 4. The van der Waals surface area contributed by atoms with E-state index in [2.05, 4.69) is 0 Å². The molecule has 1 aromatic rings. The fourth-order valence-corrected chi connectivity index (χ4v) is 3.87. The summed E-state index contributed by atoms with van der Waals surface area (Å²) in [5, 5.41) is 2.94. The Morgan fingerprint density at radius 1 is 1.00 bits per heavy atom. The monoisotopic (exact) mass is 439 g/mol. The molecule has 28 heavy (non-hydrogen) atoms. The van der Waals surface area contributed by atoms with Crippen LogP contribution >= 0.6 is 0 Å². The molecule has 0 radical (unpaired) electrons. The fourth-order valence-electron chi connectivity index (χ4n) is 2.36. The van der Waals surface area contributed by atoms with Gasteiger partial charge in [-0.05, 0) is 18.9 Å². The summed E-state index contributed by atoms with van der Waals surface area (Å²) in [5.74, 6) is -2.76. The summed E-state index contributed by atoms with van der Waals surface area (Å²) in [5.41, 5.74) is -0.894. The molecule has 1 aromatic carbocycles. The van der Waals surface area contributed by atoms with Gasteiger partial charge in [-0.2, -0.15) is 22.0 Å². The van der Waals surface area contributed by atoms with Gasteiger partial charge < -0.3 is 5.11 Å². The van der Waals surface area contributed by atoms with Crippen molar-refractivity contribution in [2.24, 2.45) is 0 Å². The van der Waals surface area contributed by atoms with Gasteiger partial charge in [0.15, 0.2) is 0 Å². The van der Waals surface area contributed by atoms with Crippen LogP contribution in [0.25, 0.3) is 0 Å². The summed E-state index contributed by atoms with van der Waals surface area (Å²) < 4.78 is 110. The van der Waals surface area contributed by atoms with Crippen molar-refractivity contribution in [3.8, 4) is 0 Å². The van der Waals surface area contributed by atoms with Gasteiger partial charge in [0.25, 0.3) is 16.3 Å². The summed E-state index contributed by atoms with van der Waals surface area (Å²) in [6, 6.07) is 4.00. The predicted molar refractivity (Wildman–Crippen MR) is 82.6 cm³/mol. The van der Waals surface area contributed by atoms with Gasteiger partial charge in [-0.3, -0.25) is 0 Å². The third kappa shape index (κ3) is 5.56. The summed E-state index contributed by atoms with van der Waals surface area (Å²) in [4.78, 5) is 8.44. The Bertz CT molecular complexity index is 775. The second kappa shape index (κ2) is 9.07. The lowest BCUT2D eigenvalue weighted by molar-refractivity contribution is -0.192. The number of halogens is 7. The Hall–Kier alpha value is -1.89. The molecular weight excluding hydrogens is 423 g/mol. The Labute approximate surface area is 155 Å². The number of carboxylic acids is 1. The lowest BCUT2D eigenvalue weighted by Gasteiger charge is -2.33. The molecule has 1 aliphatic rings. The maximum atomic E-state index is 14.3. The molecule has 2 rings (SSSR count). The molecule has 0 spiro atoms. The molecule has 0 amide bonds. The molecule has 1 heterocycles. The first-order chi connectivity index (χ1) is 12.7.